The third-order valence-electron chi connectivity index (χ3n) is 3.14. The molecule has 1 aromatic carbocycles. The van der Waals surface area contributed by atoms with Crippen LogP contribution in [0.2, 0.25) is 0 Å². The van der Waals surface area contributed by atoms with Gasteiger partial charge < -0.3 is 9.84 Å². The fourth-order valence-electron chi connectivity index (χ4n) is 2.23. The molecule has 1 N–H and O–H groups in total. The first kappa shape index (κ1) is 12.5. The molecule has 0 spiro atoms. The van der Waals surface area contributed by atoms with Gasteiger partial charge in [-0.15, -0.1) is 0 Å². The zero-order chi connectivity index (χ0) is 14.1. The molecule has 1 aliphatic carbocycles. The van der Waals surface area contributed by atoms with Gasteiger partial charge in [0.1, 0.15) is 17.9 Å². The lowest BCUT2D eigenvalue weighted by Crippen LogP contribution is -1.99. The van der Waals surface area contributed by atoms with Gasteiger partial charge in [0.15, 0.2) is 0 Å². The van der Waals surface area contributed by atoms with Gasteiger partial charge in [0.25, 0.3) is 0 Å². The topological polar surface area (TPSA) is 79.0 Å². The maximum atomic E-state index is 13.3. The first-order valence-corrected chi connectivity index (χ1v) is 6.08. The van der Waals surface area contributed by atoms with Gasteiger partial charge in [-0.05, 0) is 25.0 Å². The highest BCUT2D eigenvalue weighted by atomic mass is 19.1. The summed E-state index contributed by atoms with van der Waals surface area (Å²) in [6.07, 6.45) is 1.86. The molecule has 0 bridgehead atoms. The Morgan fingerprint density at radius 3 is 3.00 bits per heavy atom. The molecule has 6 heteroatoms. The lowest BCUT2D eigenvalue weighted by atomic mass is 10.2. The van der Waals surface area contributed by atoms with E-state index in [1.165, 1.54) is 18.5 Å². The van der Waals surface area contributed by atoms with Crippen molar-refractivity contribution >= 4 is 0 Å². The van der Waals surface area contributed by atoms with Crippen LogP contribution < -0.4 is 4.74 Å². The Bertz CT molecular complexity index is 712. The van der Waals surface area contributed by atoms with E-state index in [9.17, 15) is 9.50 Å². The van der Waals surface area contributed by atoms with Gasteiger partial charge in [0.05, 0.1) is 23.4 Å². The van der Waals surface area contributed by atoms with Gasteiger partial charge in [0, 0.05) is 11.6 Å². The summed E-state index contributed by atoms with van der Waals surface area (Å²) in [6.45, 7) is 0. The largest absolute Gasteiger partial charge is 0.438 e. The summed E-state index contributed by atoms with van der Waals surface area (Å²) < 4.78 is 18.9. The summed E-state index contributed by atoms with van der Waals surface area (Å²) in [5.74, 6) is -0.0605. The van der Waals surface area contributed by atoms with E-state index in [-0.39, 0.29) is 11.3 Å². The van der Waals surface area contributed by atoms with Crippen molar-refractivity contribution in [2.45, 2.75) is 18.9 Å². The summed E-state index contributed by atoms with van der Waals surface area (Å²) in [7, 11) is 0. The fourth-order valence-corrected chi connectivity index (χ4v) is 2.23. The number of nitrogens with zero attached hydrogens (tertiary/aromatic N) is 3. The zero-order valence-corrected chi connectivity index (χ0v) is 10.4. The summed E-state index contributed by atoms with van der Waals surface area (Å²) in [4.78, 5) is 8.04. The van der Waals surface area contributed by atoms with Gasteiger partial charge in [-0.2, -0.15) is 5.26 Å². The molecule has 100 valence electrons. The standard InChI is InChI=1S/C14H10FN3O2/c15-9-3-8(6-16)4-10(5-9)20-14-11-1-2-12(19)13(11)17-7-18-14/h3-5,7,12,19H,1-2H2. The van der Waals surface area contributed by atoms with E-state index in [2.05, 4.69) is 9.97 Å². The second kappa shape index (κ2) is 4.87. The number of aliphatic hydroxyl groups excluding tert-OH is 1. The molecular weight excluding hydrogens is 261 g/mol. The molecule has 5 nitrogen and oxygen atoms in total. The number of aliphatic hydroxyl groups is 1. The third kappa shape index (κ3) is 2.19. The molecule has 0 amide bonds. The molecule has 1 unspecified atom stereocenters. The molecule has 1 aliphatic rings. The Morgan fingerprint density at radius 2 is 2.20 bits per heavy atom. The monoisotopic (exact) mass is 271 g/mol. The van der Waals surface area contributed by atoms with Crippen LogP contribution in [-0.2, 0) is 6.42 Å². The number of ether oxygens (including phenoxy) is 1. The molecule has 0 radical (unpaired) electrons. The Hall–Kier alpha value is -2.52. The van der Waals surface area contributed by atoms with Crippen LogP contribution in [0, 0.1) is 17.1 Å². The molecule has 1 atom stereocenters. The maximum Gasteiger partial charge on any atom is 0.225 e. The van der Waals surface area contributed by atoms with Gasteiger partial charge in [0.2, 0.25) is 5.88 Å². The summed E-state index contributed by atoms with van der Waals surface area (Å²) in [5.41, 5.74) is 1.44. The molecular formula is C14H10FN3O2. The van der Waals surface area contributed by atoms with E-state index in [4.69, 9.17) is 10.00 Å². The van der Waals surface area contributed by atoms with Crippen LogP contribution in [0.15, 0.2) is 24.5 Å². The highest BCUT2D eigenvalue weighted by molar-refractivity contribution is 5.41. The fraction of sp³-hybridized carbons (Fsp3) is 0.214. The van der Waals surface area contributed by atoms with Crippen molar-refractivity contribution in [1.29, 1.82) is 5.26 Å². The van der Waals surface area contributed by atoms with E-state index in [1.807, 2.05) is 6.07 Å². The first-order chi connectivity index (χ1) is 9.67. The van der Waals surface area contributed by atoms with Crippen molar-refractivity contribution < 1.29 is 14.2 Å². The van der Waals surface area contributed by atoms with Crippen molar-refractivity contribution in [2.24, 2.45) is 0 Å². The number of benzene rings is 1. The highest BCUT2D eigenvalue weighted by Gasteiger charge is 2.26. The van der Waals surface area contributed by atoms with Crippen LogP contribution in [0.1, 0.15) is 29.3 Å². The number of fused-ring (bicyclic) bond motifs is 1. The minimum atomic E-state index is -0.613. The molecule has 20 heavy (non-hydrogen) atoms. The minimum Gasteiger partial charge on any atom is -0.438 e. The lowest BCUT2D eigenvalue weighted by molar-refractivity contribution is 0.175. The summed E-state index contributed by atoms with van der Waals surface area (Å²) >= 11 is 0. The normalized spacial score (nSPS) is 16.6. The summed E-state index contributed by atoms with van der Waals surface area (Å²) in [5, 5.41) is 18.6. The number of nitriles is 1. The first-order valence-electron chi connectivity index (χ1n) is 6.08. The van der Waals surface area contributed by atoms with Crippen molar-refractivity contribution in [3.63, 3.8) is 0 Å². The average molecular weight is 271 g/mol. The van der Waals surface area contributed by atoms with Crippen molar-refractivity contribution in [1.82, 2.24) is 9.97 Å². The third-order valence-corrected chi connectivity index (χ3v) is 3.14. The Labute approximate surface area is 114 Å². The average Bonchev–Trinajstić information content (AvgIpc) is 2.81. The highest BCUT2D eigenvalue weighted by Crippen LogP contribution is 2.35. The molecule has 1 aromatic heterocycles. The predicted octanol–water partition coefficient (Wildman–Crippen LogP) is 2.26. The molecule has 0 saturated carbocycles. The molecule has 0 saturated heterocycles. The molecule has 1 heterocycles. The Kier molecular flexibility index (Phi) is 3.05. The van der Waals surface area contributed by atoms with Crippen LogP contribution >= 0.6 is 0 Å². The van der Waals surface area contributed by atoms with Crippen LogP contribution in [0.3, 0.4) is 0 Å². The Balaban J connectivity index is 1.97. The quantitative estimate of drug-likeness (QED) is 0.906. The lowest BCUT2D eigenvalue weighted by Gasteiger charge is -2.09. The molecule has 0 aliphatic heterocycles. The number of hydrogen-bond acceptors (Lipinski definition) is 5. The zero-order valence-electron chi connectivity index (χ0n) is 10.4. The maximum absolute atomic E-state index is 13.3. The van der Waals surface area contributed by atoms with Crippen molar-refractivity contribution in [3.05, 3.63) is 47.2 Å². The van der Waals surface area contributed by atoms with Crippen LogP contribution in [0.25, 0.3) is 0 Å². The SMILES string of the molecule is N#Cc1cc(F)cc(Oc2ncnc3c2CCC3O)c1. The van der Waals surface area contributed by atoms with E-state index < -0.39 is 11.9 Å². The smallest absolute Gasteiger partial charge is 0.225 e. The number of hydrogen-bond donors (Lipinski definition) is 1. The van der Waals surface area contributed by atoms with Crippen molar-refractivity contribution in [2.75, 3.05) is 0 Å². The Morgan fingerprint density at radius 1 is 1.35 bits per heavy atom. The van der Waals surface area contributed by atoms with E-state index in [0.717, 1.165) is 11.6 Å². The van der Waals surface area contributed by atoms with Gasteiger partial charge >= 0.3 is 0 Å². The van der Waals surface area contributed by atoms with Crippen LogP contribution in [-0.4, -0.2) is 15.1 Å². The van der Waals surface area contributed by atoms with E-state index in [0.29, 0.717) is 24.4 Å². The molecule has 0 fully saturated rings. The second-order valence-electron chi connectivity index (χ2n) is 4.49. The second-order valence-corrected chi connectivity index (χ2v) is 4.49. The summed E-state index contributed by atoms with van der Waals surface area (Å²) in [6, 6.07) is 5.60. The number of aromatic nitrogens is 2. The molecule has 2 aromatic rings. The van der Waals surface area contributed by atoms with Gasteiger partial charge in [-0.3, -0.25) is 0 Å². The number of halogens is 1. The van der Waals surface area contributed by atoms with Gasteiger partial charge in [-0.25, -0.2) is 14.4 Å². The minimum absolute atomic E-state index is 0.172. The van der Waals surface area contributed by atoms with Gasteiger partial charge in [-0.1, -0.05) is 0 Å². The number of rotatable bonds is 2. The van der Waals surface area contributed by atoms with E-state index in [1.54, 1.807) is 0 Å². The predicted molar refractivity (Wildman–Crippen MR) is 66.5 cm³/mol. The van der Waals surface area contributed by atoms with Crippen LogP contribution in [0.5, 0.6) is 11.6 Å². The molecule has 3 rings (SSSR count). The van der Waals surface area contributed by atoms with E-state index >= 15 is 0 Å². The van der Waals surface area contributed by atoms with Crippen LogP contribution in [0.4, 0.5) is 4.39 Å². The van der Waals surface area contributed by atoms with Crippen molar-refractivity contribution in [3.8, 4) is 17.7 Å².